The molecule has 0 radical (unpaired) electrons. The van der Waals surface area contributed by atoms with Gasteiger partial charge in [-0.15, -0.1) is 0 Å². The molecule has 0 unspecified atom stereocenters. The van der Waals surface area contributed by atoms with Gasteiger partial charge in [-0.3, -0.25) is 15.1 Å². The second-order valence-corrected chi connectivity index (χ2v) is 5.77. The summed E-state index contributed by atoms with van der Waals surface area (Å²) < 4.78 is 0. The van der Waals surface area contributed by atoms with Crippen LogP contribution in [0.3, 0.4) is 0 Å². The largest absolute Gasteiger partial charge is 0.385 e. The molecule has 6 nitrogen and oxygen atoms in total. The number of rotatable bonds is 7. The SMILES string of the molecule is CCCNc1ccc(CNc2ccc([N+](=O)[O-])c3cccnc23)cc1. The highest BCUT2D eigenvalue weighted by Crippen LogP contribution is 2.30. The Balaban J connectivity index is 1.77. The van der Waals surface area contributed by atoms with E-state index in [-0.39, 0.29) is 10.6 Å². The second kappa shape index (κ2) is 7.61. The van der Waals surface area contributed by atoms with Gasteiger partial charge in [0, 0.05) is 31.0 Å². The lowest BCUT2D eigenvalue weighted by molar-refractivity contribution is -0.383. The van der Waals surface area contributed by atoms with Gasteiger partial charge in [-0.1, -0.05) is 19.1 Å². The molecule has 3 aromatic rings. The molecule has 0 aliphatic carbocycles. The van der Waals surface area contributed by atoms with Gasteiger partial charge in [0.15, 0.2) is 0 Å². The molecule has 6 heteroatoms. The molecule has 0 fully saturated rings. The van der Waals surface area contributed by atoms with E-state index in [1.807, 2.05) is 0 Å². The fourth-order valence-corrected chi connectivity index (χ4v) is 2.67. The molecule has 2 aromatic carbocycles. The van der Waals surface area contributed by atoms with E-state index >= 15 is 0 Å². The average Bonchev–Trinajstić information content (AvgIpc) is 2.65. The topological polar surface area (TPSA) is 80.1 Å². The molecule has 1 heterocycles. The molecule has 128 valence electrons. The maximum absolute atomic E-state index is 11.2. The lowest BCUT2D eigenvalue weighted by Gasteiger charge is -2.10. The molecular weight excluding hydrogens is 316 g/mol. The van der Waals surface area contributed by atoms with Crippen LogP contribution in [0.15, 0.2) is 54.7 Å². The number of fused-ring (bicyclic) bond motifs is 1. The molecule has 0 atom stereocenters. The predicted molar refractivity (Wildman–Crippen MR) is 101 cm³/mol. The van der Waals surface area contributed by atoms with E-state index in [1.54, 1.807) is 24.4 Å². The van der Waals surface area contributed by atoms with Crippen LogP contribution in [-0.2, 0) is 6.54 Å². The van der Waals surface area contributed by atoms with Crippen LogP contribution < -0.4 is 10.6 Å². The lowest BCUT2D eigenvalue weighted by atomic mass is 10.1. The first kappa shape index (κ1) is 16.7. The Morgan fingerprint density at radius 1 is 1.08 bits per heavy atom. The van der Waals surface area contributed by atoms with Gasteiger partial charge in [-0.2, -0.15) is 0 Å². The molecule has 0 aliphatic heterocycles. The fourth-order valence-electron chi connectivity index (χ4n) is 2.67. The Bertz CT molecular complexity index is 878. The molecule has 3 rings (SSSR count). The van der Waals surface area contributed by atoms with Gasteiger partial charge in [0.2, 0.25) is 0 Å². The number of nitrogens with zero attached hydrogens (tertiary/aromatic N) is 2. The molecule has 0 amide bonds. The summed E-state index contributed by atoms with van der Waals surface area (Å²) in [6.07, 6.45) is 2.73. The van der Waals surface area contributed by atoms with Crippen molar-refractivity contribution in [1.82, 2.24) is 4.98 Å². The van der Waals surface area contributed by atoms with E-state index in [0.717, 1.165) is 29.9 Å². The van der Waals surface area contributed by atoms with Crippen molar-refractivity contribution in [3.8, 4) is 0 Å². The van der Waals surface area contributed by atoms with Crippen molar-refractivity contribution in [3.63, 3.8) is 0 Å². The average molecular weight is 336 g/mol. The van der Waals surface area contributed by atoms with Crippen LogP contribution in [0.4, 0.5) is 17.1 Å². The van der Waals surface area contributed by atoms with E-state index < -0.39 is 0 Å². The molecule has 1 aromatic heterocycles. The highest BCUT2D eigenvalue weighted by atomic mass is 16.6. The molecule has 0 aliphatic rings. The van der Waals surface area contributed by atoms with Crippen molar-refractivity contribution < 1.29 is 4.92 Å². The number of benzene rings is 2. The number of hydrogen-bond donors (Lipinski definition) is 2. The van der Waals surface area contributed by atoms with Crippen LogP contribution in [0.5, 0.6) is 0 Å². The van der Waals surface area contributed by atoms with Crippen molar-refractivity contribution in [1.29, 1.82) is 0 Å². The molecule has 0 bridgehead atoms. The van der Waals surface area contributed by atoms with E-state index in [0.29, 0.717) is 17.4 Å². The zero-order valence-electron chi connectivity index (χ0n) is 14.0. The Kier molecular flexibility index (Phi) is 5.09. The number of aromatic nitrogens is 1. The number of non-ortho nitro benzene ring substituents is 1. The summed E-state index contributed by atoms with van der Waals surface area (Å²) in [5, 5.41) is 18.4. The van der Waals surface area contributed by atoms with E-state index in [1.165, 1.54) is 6.07 Å². The summed E-state index contributed by atoms with van der Waals surface area (Å²) in [7, 11) is 0. The maximum Gasteiger partial charge on any atom is 0.278 e. The highest BCUT2D eigenvalue weighted by molar-refractivity contribution is 5.96. The standard InChI is InChI=1S/C19H20N4O2/c1-2-11-20-15-7-5-14(6-8-15)13-22-17-9-10-18(23(24)25)16-4-3-12-21-19(16)17/h3-10,12,20,22H,2,11,13H2,1H3. The monoisotopic (exact) mass is 336 g/mol. The number of anilines is 2. The van der Waals surface area contributed by atoms with Crippen LogP contribution in [0.25, 0.3) is 10.9 Å². The first-order valence-electron chi connectivity index (χ1n) is 8.28. The van der Waals surface area contributed by atoms with Gasteiger partial charge in [-0.25, -0.2) is 0 Å². The molecule has 0 saturated carbocycles. The zero-order valence-corrected chi connectivity index (χ0v) is 14.0. The van der Waals surface area contributed by atoms with Crippen LogP contribution in [-0.4, -0.2) is 16.5 Å². The Morgan fingerprint density at radius 3 is 2.60 bits per heavy atom. The zero-order chi connectivity index (χ0) is 17.6. The van der Waals surface area contributed by atoms with Crippen molar-refractivity contribution in [2.24, 2.45) is 0 Å². The predicted octanol–water partition coefficient (Wildman–Crippen LogP) is 4.58. The van der Waals surface area contributed by atoms with E-state index in [4.69, 9.17) is 0 Å². The maximum atomic E-state index is 11.2. The number of pyridine rings is 1. The summed E-state index contributed by atoms with van der Waals surface area (Å²) in [4.78, 5) is 15.1. The smallest absolute Gasteiger partial charge is 0.278 e. The third-order valence-electron chi connectivity index (χ3n) is 3.96. The summed E-state index contributed by atoms with van der Waals surface area (Å²) in [5.74, 6) is 0. The summed E-state index contributed by atoms with van der Waals surface area (Å²) in [5.41, 5.74) is 3.70. The highest BCUT2D eigenvalue weighted by Gasteiger charge is 2.14. The quantitative estimate of drug-likeness (QED) is 0.488. The third kappa shape index (κ3) is 3.85. The minimum absolute atomic E-state index is 0.0694. The third-order valence-corrected chi connectivity index (χ3v) is 3.96. The van der Waals surface area contributed by atoms with Gasteiger partial charge in [0.05, 0.1) is 16.0 Å². The van der Waals surface area contributed by atoms with Crippen molar-refractivity contribution in [2.45, 2.75) is 19.9 Å². The van der Waals surface area contributed by atoms with Crippen LogP contribution in [0, 0.1) is 10.1 Å². The second-order valence-electron chi connectivity index (χ2n) is 5.77. The Labute approximate surface area is 146 Å². The summed E-state index contributed by atoms with van der Waals surface area (Å²) in [6.45, 7) is 3.71. The number of nitro benzene ring substituents is 1. The van der Waals surface area contributed by atoms with Crippen LogP contribution in [0.1, 0.15) is 18.9 Å². The molecular formula is C19H20N4O2. The van der Waals surface area contributed by atoms with Crippen molar-refractivity contribution in [3.05, 3.63) is 70.4 Å². The van der Waals surface area contributed by atoms with Crippen LogP contribution in [0.2, 0.25) is 0 Å². The minimum atomic E-state index is -0.379. The fraction of sp³-hybridized carbons (Fsp3) is 0.211. The first-order valence-corrected chi connectivity index (χ1v) is 8.28. The molecule has 0 saturated heterocycles. The molecule has 0 spiro atoms. The minimum Gasteiger partial charge on any atom is -0.385 e. The van der Waals surface area contributed by atoms with Crippen molar-refractivity contribution >= 4 is 28.0 Å². The summed E-state index contributed by atoms with van der Waals surface area (Å²) >= 11 is 0. The van der Waals surface area contributed by atoms with Crippen molar-refractivity contribution in [2.75, 3.05) is 17.2 Å². The number of hydrogen-bond acceptors (Lipinski definition) is 5. The lowest BCUT2D eigenvalue weighted by Crippen LogP contribution is -2.03. The van der Waals surface area contributed by atoms with Gasteiger partial charge >= 0.3 is 0 Å². The van der Waals surface area contributed by atoms with Gasteiger partial charge in [0.25, 0.3) is 5.69 Å². The van der Waals surface area contributed by atoms with E-state index in [2.05, 4.69) is 46.8 Å². The summed E-state index contributed by atoms with van der Waals surface area (Å²) in [6, 6.07) is 14.9. The van der Waals surface area contributed by atoms with E-state index in [9.17, 15) is 10.1 Å². The van der Waals surface area contributed by atoms with Gasteiger partial charge in [0.1, 0.15) is 5.52 Å². The van der Waals surface area contributed by atoms with Crippen LogP contribution >= 0.6 is 0 Å². The number of nitro groups is 1. The molecule has 2 N–H and O–H groups in total. The Hall–Kier alpha value is -3.15. The first-order chi connectivity index (χ1) is 12.2. The van der Waals surface area contributed by atoms with Gasteiger partial charge < -0.3 is 10.6 Å². The van der Waals surface area contributed by atoms with Gasteiger partial charge in [-0.05, 0) is 42.3 Å². The Morgan fingerprint density at radius 2 is 1.88 bits per heavy atom. The number of nitrogens with one attached hydrogen (secondary N) is 2. The molecule has 25 heavy (non-hydrogen) atoms. The normalized spacial score (nSPS) is 10.6.